The smallest absolute Gasteiger partial charge is 0.276 e. The van der Waals surface area contributed by atoms with Crippen LogP contribution in [0.25, 0.3) is 27.7 Å². The lowest BCUT2D eigenvalue weighted by Crippen LogP contribution is -2.13. The average molecular weight is 472 g/mol. The Morgan fingerprint density at radius 3 is 2.42 bits per heavy atom. The van der Waals surface area contributed by atoms with Gasteiger partial charge in [0.25, 0.3) is 5.91 Å². The Kier molecular flexibility index (Phi) is 5.63. The van der Waals surface area contributed by atoms with Crippen molar-refractivity contribution in [3.63, 3.8) is 0 Å². The minimum absolute atomic E-state index is 0.297. The van der Waals surface area contributed by atoms with Crippen LogP contribution >= 0.6 is 23.2 Å². The van der Waals surface area contributed by atoms with Gasteiger partial charge in [-0.1, -0.05) is 71.7 Å². The van der Waals surface area contributed by atoms with E-state index in [2.05, 4.69) is 34.7 Å². The normalized spacial score (nSPS) is 11.0. The average Bonchev–Trinajstić information content (AvgIpc) is 3.27. The number of anilines is 1. The zero-order chi connectivity index (χ0) is 22.9. The zero-order valence-electron chi connectivity index (χ0n) is 17.7. The van der Waals surface area contributed by atoms with Crippen LogP contribution in [-0.2, 0) is 0 Å². The molecule has 5 aromatic rings. The van der Waals surface area contributed by atoms with E-state index in [1.54, 1.807) is 28.9 Å². The molecule has 0 unspecified atom stereocenters. The van der Waals surface area contributed by atoms with E-state index in [9.17, 15) is 4.79 Å². The standard InChI is InChI=1S/C27H19Cl2N3O/c1-17-5-4-8-22(13-17)32-26(20-10-9-18-6-2-3-7-19(18)14-20)16-25(31-32)27(33)30-21-11-12-23(28)24(29)15-21/h2-16H,1H3,(H,30,33). The topological polar surface area (TPSA) is 46.9 Å². The summed E-state index contributed by atoms with van der Waals surface area (Å²) in [7, 11) is 0. The van der Waals surface area contributed by atoms with Crippen molar-refractivity contribution in [2.75, 3.05) is 5.32 Å². The van der Waals surface area contributed by atoms with Crippen molar-refractivity contribution in [2.24, 2.45) is 0 Å². The highest BCUT2D eigenvalue weighted by Crippen LogP contribution is 2.29. The summed E-state index contributed by atoms with van der Waals surface area (Å²) in [6.45, 7) is 2.03. The van der Waals surface area contributed by atoms with E-state index < -0.39 is 0 Å². The van der Waals surface area contributed by atoms with Gasteiger partial charge in [-0.15, -0.1) is 0 Å². The van der Waals surface area contributed by atoms with Crippen molar-refractivity contribution >= 4 is 45.6 Å². The molecule has 0 bridgehead atoms. The number of halogens is 2. The molecule has 33 heavy (non-hydrogen) atoms. The summed E-state index contributed by atoms with van der Waals surface area (Å²) in [4.78, 5) is 13.1. The first kappa shape index (κ1) is 21.3. The van der Waals surface area contributed by atoms with Crippen molar-refractivity contribution in [2.45, 2.75) is 6.92 Å². The van der Waals surface area contributed by atoms with Gasteiger partial charge in [-0.3, -0.25) is 4.79 Å². The molecule has 0 spiro atoms. The number of aromatic nitrogens is 2. The van der Waals surface area contributed by atoms with Gasteiger partial charge in [-0.05, 0) is 65.7 Å². The molecule has 162 valence electrons. The maximum Gasteiger partial charge on any atom is 0.276 e. The molecule has 1 amide bonds. The maximum absolute atomic E-state index is 13.1. The van der Waals surface area contributed by atoms with Crippen LogP contribution in [0, 0.1) is 6.92 Å². The summed E-state index contributed by atoms with van der Waals surface area (Å²) in [6.07, 6.45) is 0. The zero-order valence-corrected chi connectivity index (χ0v) is 19.2. The molecule has 0 saturated heterocycles. The molecule has 4 aromatic carbocycles. The van der Waals surface area contributed by atoms with Gasteiger partial charge in [0.1, 0.15) is 0 Å². The van der Waals surface area contributed by atoms with Crippen LogP contribution in [0.3, 0.4) is 0 Å². The molecule has 1 aromatic heterocycles. The second-order valence-corrected chi connectivity index (χ2v) is 8.62. The third-order valence-electron chi connectivity index (χ3n) is 5.41. The van der Waals surface area contributed by atoms with Gasteiger partial charge in [0.2, 0.25) is 0 Å². The van der Waals surface area contributed by atoms with Crippen LogP contribution in [0.1, 0.15) is 16.1 Å². The number of hydrogen-bond acceptors (Lipinski definition) is 2. The predicted octanol–water partition coefficient (Wildman–Crippen LogP) is 7.56. The van der Waals surface area contributed by atoms with Crippen molar-refractivity contribution in [1.82, 2.24) is 9.78 Å². The summed E-state index contributed by atoms with van der Waals surface area (Å²) in [5.41, 5.74) is 4.63. The van der Waals surface area contributed by atoms with E-state index in [1.165, 1.54) is 0 Å². The monoisotopic (exact) mass is 471 g/mol. The lowest BCUT2D eigenvalue weighted by molar-refractivity contribution is 0.102. The van der Waals surface area contributed by atoms with Gasteiger partial charge in [0, 0.05) is 11.3 Å². The number of carbonyl (C=O) groups excluding carboxylic acids is 1. The van der Waals surface area contributed by atoms with Gasteiger partial charge < -0.3 is 5.32 Å². The molecule has 0 aliphatic heterocycles. The van der Waals surface area contributed by atoms with Crippen LogP contribution in [0.5, 0.6) is 0 Å². The molecule has 0 radical (unpaired) electrons. The number of nitrogens with zero attached hydrogens (tertiary/aromatic N) is 2. The third-order valence-corrected chi connectivity index (χ3v) is 6.15. The van der Waals surface area contributed by atoms with Crippen molar-refractivity contribution in [1.29, 1.82) is 0 Å². The Balaban J connectivity index is 1.59. The van der Waals surface area contributed by atoms with Crippen LogP contribution < -0.4 is 5.32 Å². The summed E-state index contributed by atoms with van der Waals surface area (Å²) >= 11 is 12.1. The molecule has 0 fully saturated rings. The lowest BCUT2D eigenvalue weighted by atomic mass is 10.0. The molecular weight excluding hydrogens is 453 g/mol. The molecule has 0 aliphatic carbocycles. The van der Waals surface area contributed by atoms with Crippen LogP contribution in [0.2, 0.25) is 10.0 Å². The van der Waals surface area contributed by atoms with Crippen molar-refractivity contribution in [3.05, 3.63) is 112 Å². The molecule has 4 nitrogen and oxygen atoms in total. The molecule has 0 aliphatic rings. The number of rotatable bonds is 4. The number of aryl methyl sites for hydroxylation is 1. The first-order valence-corrected chi connectivity index (χ1v) is 11.2. The maximum atomic E-state index is 13.1. The number of nitrogens with one attached hydrogen (secondary N) is 1. The summed E-state index contributed by atoms with van der Waals surface area (Å²) in [5, 5.41) is 10.6. The highest BCUT2D eigenvalue weighted by Gasteiger charge is 2.18. The fourth-order valence-electron chi connectivity index (χ4n) is 3.77. The molecule has 1 N–H and O–H groups in total. The third kappa shape index (κ3) is 4.36. The second-order valence-electron chi connectivity index (χ2n) is 7.81. The molecule has 6 heteroatoms. The quantitative estimate of drug-likeness (QED) is 0.293. The van der Waals surface area contributed by atoms with E-state index in [0.717, 1.165) is 33.3 Å². The van der Waals surface area contributed by atoms with Gasteiger partial charge >= 0.3 is 0 Å². The van der Waals surface area contributed by atoms with Gasteiger partial charge in [0.15, 0.2) is 5.69 Å². The molecule has 1 heterocycles. The Labute approximate surface area is 201 Å². The minimum Gasteiger partial charge on any atom is -0.321 e. The SMILES string of the molecule is Cc1cccc(-n2nc(C(=O)Nc3ccc(Cl)c(Cl)c3)cc2-c2ccc3ccccc3c2)c1. The number of carbonyl (C=O) groups is 1. The second kappa shape index (κ2) is 8.74. The Morgan fingerprint density at radius 2 is 1.64 bits per heavy atom. The number of hydrogen-bond donors (Lipinski definition) is 1. The fourth-order valence-corrected chi connectivity index (χ4v) is 4.07. The Hall–Kier alpha value is -3.60. The van der Waals surface area contributed by atoms with Gasteiger partial charge in [-0.2, -0.15) is 5.10 Å². The summed E-state index contributed by atoms with van der Waals surface area (Å²) < 4.78 is 1.81. The number of fused-ring (bicyclic) bond motifs is 1. The Morgan fingerprint density at radius 1 is 0.818 bits per heavy atom. The van der Waals surface area contributed by atoms with E-state index in [1.807, 2.05) is 49.4 Å². The van der Waals surface area contributed by atoms with Crippen molar-refractivity contribution in [3.8, 4) is 16.9 Å². The first-order chi connectivity index (χ1) is 16.0. The number of amides is 1. The molecule has 0 saturated carbocycles. The fraction of sp³-hybridized carbons (Fsp3) is 0.0370. The van der Waals surface area contributed by atoms with Crippen LogP contribution in [0.15, 0.2) is 91.0 Å². The highest BCUT2D eigenvalue weighted by molar-refractivity contribution is 6.42. The van der Waals surface area contributed by atoms with Crippen molar-refractivity contribution < 1.29 is 4.79 Å². The van der Waals surface area contributed by atoms with E-state index in [4.69, 9.17) is 23.2 Å². The minimum atomic E-state index is -0.332. The lowest BCUT2D eigenvalue weighted by Gasteiger charge is -2.09. The van der Waals surface area contributed by atoms with Crippen LogP contribution in [-0.4, -0.2) is 15.7 Å². The predicted molar refractivity (Wildman–Crippen MR) is 136 cm³/mol. The van der Waals surface area contributed by atoms with Gasteiger partial charge in [0.05, 0.1) is 21.4 Å². The Bertz CT molecular complexity index is 1510. The van der Waals surface area contributed by atoms with E-state index >= 15 is 0 Å². The molecule has 5 rings (SSSR count). The van der Waals surface area contributed by atoms with E-state index in [-0.39, 0.29) is 5.91 Å². The summed E-state index contributed by atoms with van der Waals surface area (Å²) in [5.74, 6) is -0.332. The molecular formula is C27H19Cl2N3O. The summed E-state index contributed by atoms with van der Waals surface area (Å²) in [6, 6.07) is 29.2. The number of benzene rings is 4. The highest BCUT2D eigenvalue weighted by atomic mass is 35.5. The first-order valence-electron chi connectivity index (χ1n) is 10.4. The van der Waals surface area contributed by atoms with E-state index in [0.29, 0.717) is 21.4 Å². The molecule has 0 atom stereocenters. The van der Waals surface area contributed by atoms with Crippen LogP contribution in [0.4, 0.5) is 5.69 Å². The largest absolute Gasteiger partial charge is 0.321 e. The van der Waals surface area contributed by atoms with Gasteiger partial charge in [-0.25, -0.2) is 4.68 Å².